The molecule has 5 heteroatoms. The van der Waals surface area contributed by atoms with E-state index in [0.717, 1.165) is 26.2 Å². The number of rotatable bonds is 2. The number of hydrogen-bond donors (Lipinski definition) is 1. The van der Waals surface area contributed by atoms with Crippen molar-refractivity contribution in [2.24, 2.45) is 0 Å². The van der Waals surface area contributed by atoms with Gasteiger partial charge in [0, 0.05) is 10.0 Å². The summed E-state index contributed by atoms with van der Waals surface area (Å²) in [5.74, 6) is 1.12. The summed E-state index contributed by atoms with van der Waals surface area (Å²) in [5, 5.41) is 5.88. The summed E-state index contributed by atoms with van der Waals surface area (Å²) in [6.45, 7) is 0. The van der Waals surface area contributed by atoms with Crippen LogP contribution in [0, 0.1) is 0 Å². The lowest BCUT2D eigenvalue weighted by Gasteiger charge is -2.03. The summed E-state index contributed by atoms with van der Waals surface area (Å²) in [5.41, 5.74) is 7.75. The summed E-state index contributed by atoms with van der Waals surface area (Å²) < 4.78 is 6.33. The van der Waals surface area contributed by atoms with Gasteiger partial charge in [0.25, 0.3) is 0 Å². The number of benzene rings is 1. The van der Waals surface area contributed by atoms with Gasteiger partial charge in [0.1, 0.15) is 0 Å². The normalized spacial score (nSPS) is 10.7. The fourth-order valence-electron chi connectivity index (χ4n) is 1.80. The Hall–Kier alpha value is -1.59. The van der Waals surface area contributed by atoms with Crippen molar-refractivity contribution < 1.29 is 4.52 Å². The summed E-state index contributed by atoms with van der Waals surface area (Å²) >= 11 is 5.13. The molecule has 1 aromatic carbocycles. The van der Waals surface area contributed by atoms with Gasteiger partial charge < -0.3 is 10.3 Å². The van der Waals surface area contributed by atoms with Crippen LogP contribution in [0.15, 0.2) is 50.8 Å². The van der Waals surface area contributed by atoms with Gasteiger partial charge in [-0.15, -0.1) is 11.3 Å². The molecule has 0 fully saturated rings. The van der Waals surface area contributed by atoms with Crippen LogP contribution in [-0.2, 0) is 0 Å². The molecule has 0 bridgehead atoms. The standard InChI is InChI=1S/C13H9BrN2OS/c14-9-5-2-1-4-8(9)11-12(17-16-13(11)15)10-6-3-7-18-10/h1-7H,(H2,15,16). The Morgan fingerprint density at radius 2 is 2.00 bits per heavy atom. The summed E-state index contributed by atoms with van der Waals surface area (Å²) in [4.78, 5) is 1.02. The van der Waals surface area contributed by atoms with Crippen molar-refractivity contribution >= 4 is 33.1 Å². The highest BCUT2D eigenvalue weighted by molar-refractivity contribution is 9.10. The summed E-state index contributed by atoms with van der Waals surface area (Å²) in [6.07, 6.45) is 0. The predicted molar refractivity (Wildman–Crippen MR) is 77.4 cm³/mol. The predicted octanol–water partition coefficient (Wildman–Crippen LogP) is 4.41. The zero-order chi connectivity index (χ0) is 12.5. The molecule has 3 nitrogen and oxygen atoms in total. The van der Waals surface area contributed by atoms with Gasteiger partial charge in [-0.2, -0.15) is 0 Å². The SMILES string of the molecule is Nc1noc(-c2cccs2)c1-c1ccccc1Br. The smallest absolute Gasteiger partial charge is 0.186 e. The molecule has 2 aromatic heterocycles. The van der Waals surface area contributed by atoms with Crippen molar-refractivity contribution in [1.82, 2.24) is 5.16 Å². The van der Waals surface area contributed by atoms with Crippen LogP contribution >= 0.6 is 27.3 Å². The first kappa shape index (κ1) is 11.5. The number of nitrogen functional groups attached to an aromatic ring is 1. The van der Waals surface area contributed by atoms with Crippen molar-refractivity contribution in [3.63, 3.8) is 0 Å². The monoisotopic (exact) mass is 320 g/mol. The second-order valence-corrected chi connectivity index (χ2v) is 5.53. The molecule has 0 radical (unpaired) electrons. The molecule has 0 unspecified atom stereocenters. The average molecular weight is 321 g/mol. The molecule has 0 saturated heterocycles. The van der Waals surface area contributed by atoms with Crippen molar-refractivity contribution in [3.8, 4) is 21.8 Å². The lowest BCUT2D eigenvalue weighted by atomic mass is 10.1. The van der Waals surface area contributed by atoms with Gasteiger partial charge in [-0.3, -0.25) is 0 Å². The van der Waals surface area contributed by atoms with Gasteiger partial charge in [0.15, 0.2) is 11.6 Å². The van der Waals surface area contributed by atoms with Gasteiger partial charge >= 0.3 is 0 Å². The van der Waals surface area contributed by atoms with E-state index in [9.17, 15) is 0 Å². The number of aromatic nitrogens is 1. The van der Waals surface area contributed by atoms with Crippen LogP contribution in [0.2, 0.25) is 0 Å². The Bertz CT molecular complexity index is 676. The number of anilines is 1. The molecular weight excluding hydrogens is 312 g/mol. The van der Waals surface area contributed by atoms with Crippen LogP contribution in [0.1, 0.15) is 0 Å². The van der Waals surface area contributed by atoms with Crippen molar-refractivity contribution in [3.05, 3.63) is 46.3 Å². The molecule has 0 aliphatic heterocycles. The van der Waals surface area contributed by atoms with E-state index in [1.165, 1.54) is 0 Å². The number of hydrogen-bond acceptors (Lipinski definition) is 4. The maximum atomic E-state index is 5.93. The molecule has 2 N–H and O–H groups in total. The van der Waals surface area contributed by atoms with Gasteiger partial charge in [-0.1, -0.05) is 45.4 Å². The quantitative estimate of drug-likeness (QED) is 0.760. The van der Waals surface area contributed by atoms with E-state index in [1.54, 1.807) is 11.3 Å². The van der Waals surface area contributed by atoms with E-state index in [2.05, 4.69) is 21.1 Å². The molecule has 3 aromatic rings. The van der Waals surface area contributed by atoms with Gasteiger partial charge in [0.05, 0.1) is 10.4 Å². The molecular formula is C13H9BrN2OS. The highest BCUT2D eigenvalue weighted by Gasteiger charge is 2.19. The molecule has 0 atom stereocenters. The average Bonchev–Trinajstić information content (AvgIpc) is 2.99. The molecule has 0 spiro atoms. The largest absolute Gasteiger partial charge is 0.380 e. The molecule has 0 aliphatic carbocycles. The maximum absolute atomic E-state index is 5.93. The first-order valence-electron chi connectivity index (χ1n) is 5.31. The highest BCUT2D eigenvalue weighted by atomic mass is 79.9. The fourth-order valence-corrected chi connectivity index (χ4v) is 2.99. The van der Waals surface area contributed by atoms with E-state index in [0.29, 0.717) is 5.82 Å². The highest BCUT2D eigenvalue weighted by Crippen LogP contribution is 2.41. The van der Waals surface area contributed by atoms with Crippen LogP contribution in [0.5, 0.6) is 0 Å². The Morgan fingerprint density at radius 1 is 1.17 bits per heavy atom. The fraction of sp³-hybridized carbons (Fsp3) is 0. The molecule has 18 heavy (non-hydrogen) atoms. The third-order valence-electron chi connectivity index (χ3n) is 2.61. The minimum Gasteiger partial charge on any atom is -0.380 e. The third-order valence-corrected chi connectivity index (χ3v) is 4.17. The number of nitrogens with two attached hydrogens (primary N) is 1. The molecule has 0 aliphatic rings. The first-order chi connectivity index (χ1) is 8.77. The van der Waals surface area contributed by atoms with Crippen molar-refractivity contribution in [1.29, 1.82) is 0 Å². The lowest BCUT2D eigenvalue weighted by Crippen LogP contribution is -1.89. The van der Waals surface area contributed by atoms with Crippen LogP contribution in [0.25, 0.3) is 21.8 Å². The maximum Gasteiger partial charge on any atom is 0.186 e. The van der Waals surface area contributed by atoms with Crippen LogP contribution < -0.4 is 5.73 Å². The Labute approximate surface area is 116 Å². The Balaban J connectivity index is 2.24. The summed E-state index contributed by atoms with van der Waals surface area (Å²) in [7, 11) is 0. The Morgan fingerprint density at radius 3 is 2.72 bits per heavy atom. The second kappa shape index (κ2) is 4.59. The van der Waals surface area contributed by atoms with Gasteiger partial charge in [0.2, 0.25) is 0 Å². The van der Waals surface area contributed by atoms with E-state index in [1.807, 2.05) is 41.8 Å². The zero-order valence-electron chi connectivity index (χ0n) is 9.26. The molecule has 0 amide bonds. The Kier molecular flexibility index (Phi) is 2.93. The van der Waals surface area contributed by atoms with Crippen LogP contribution in [0.3, 0.4) is 0 Å². The van der Waals surface area contributed by atoms with Crippen molar-refractivity contribution in [2.75, 3.05) is 5.73 Å². The molecule has 2 heterocycles. The van der Waals surface area contributed by atoms with Crippen LogP contribution in [-0.4, -0.2) is 5.16 Å². The van der Waals surface area contributed by atoms with E-state index in [4.69, 9.17) is 10.3 Å². The number of thiophene rings is 1. The third kappa shape index (κ3) is 1.85. The first-order valence-corrected chi connectivity index (χ1v) is 6.98. The minimum absolute atomic E-state index is 0.408. The lowest BCUT2D eigenvalue weighted by molar-refractivity contribution is 0.437. The van der Waals surface area contributed by atoms with E-state index >= 15 is 0 Å². The van der Waals surface area contributed by atoms with Crippen LogP contribution in [0.4, 0.5) is 5.82 Å². The van der Waals surface area contributed by atoms with Crippen molar-refractivity contribution in [2.45, 2.75) is 0 Å². The van der Waals surface area contributed by atoms with E-state index in [-0.39, 0.29) is 0 Å². The minimum atomic E-state index is 0.408. The summed E-state index contributed by atoms with van der Waals surface area (Å²) in [6, 6.07) is 11.9. The van der Waals surface area contributed by atoms with Gasteiger partial charge in [-0.25, -0.2) is 0 Å². The number of halogens is 1. The van der Waals surface area contributed by atoms with Gasteiger partial charge in [-0.05, 0) is 17.5 Å². The molecule has 0 saturated carbocycles. The number of nitrogens with zero attached hydrogens (tertiary/aromatic N) is 1. The topological polar surface area (TPSA) is 52.0 Å². The second-order valence-electron chi connectivity index (χ2n) is 3.73. The molecule has 3 rings (SSSR count). The zero-order valence-corrected chi connectivity index (χ0v) is 11.7. The molecule has 90 valence electrons. The van der Waals surface area contributed by atoms with E-state index < -0.39 is 0 Å².